The van der Waals surface area contributed by atoms with Gasteiger partial charge in [0.2, 0.25) is 0 Å². The van der Waals surface area contributed by atoms with Gasteiger partial charge in [0.1, 0.15) is 0 Å². The maximum absolute atomic E-state index is 3.31. The van der Waals surface area contributed by atoms with Crippen LogP contribution in [0.4, 0.5) is 0 Å². The molecule has 6 heavy (non-hydrogen) atoms. The van der Waals surface area contributed by atoms with Gasteiger partial charge in [0.15, 0.2) is 0 Å². The minimum atomic E-state index is -1.16. The van der Waals surface area contributed by atoms with E-state index in [9.17, 15) is 0 Å². The minimum Gasteiger partial charge on any atom is 1.00 e. The van der Waals surface area contributed by atoms with Crippen molar-refractivity contribution in [1.29, 1.82) is 0 Å². The fourth-order valence-electron chi connectivity index (χ4n) is 0. The van der Waals surface area contributed by atoms with Gasteiger partial charge in [0.05, 0.1) is 0 Å². The molecule has 0 aliphatic heterocycles. The first kappa shape index (κ1) is 17.1. The zero-order valence-corrected chi connectivity index (χ0v) is 19.1. The van der Waals surface area contributed by atoms with Crippen LogP contribution in [0, 0.1) is 0 Å². The van der Waals surface area contributed by atoms with Gasteiger partial charge in [0, 0.05) is 0 Å². The minimum absolute atomic E-state index is 0. The van der Waals surface area contributed by atoms with Gasteiger partial charge < -0.3 is 17.0 Å². The Kier molecular flexibility index (Phi) is 35.7. The van der Waals surface area contributed by atoms with Crippen LogP contribution >= 0.6 is 36.7 Å². The predicted molar refractivity (Wildman–Crippen MR) is 32.5 cm³/mol. The van der Waals surface area contributed by atoms with E-state index in [2.05, 4.69) is 36.7 Å². The van der Waals surface area contributed by atoms with Crippen LogP contribution in [0.2, 0.25) is 0 Å². The van der Waals surface area contributed by atoms with Crippen LogP contribution in [0.15, 0.2) is 0 Å². The largest absolute Gasteiger partial charge is 1.00 e. The van der Waals surface area contributed by atoms with Crippen molar-refractivity contribution >= 4 is 51.4 Å². The van der Waals surface area contributed by atoms with Gasteiger partial charge in [-0.2, -0.15) is 0 Å². The van der Waals surface area contributed by atoms with Crippen LogP contribution in [0.3, 0.4) is 0 Å². The Morgan fingerprint density at radius 2 is 1.00 bits per heavy atom. The predicted octanol–water partition coefficient (Wildman–Crippen LogP) is -3.84. The molecule has 0 amide bonds. The molecule has 0 atom stereocenters. The second-order valence-corrected chi connectivity index (χ2v) is 45.4. The molecule has 0 saturated carbocycles. The summed E-state index contributed by atoms with van der Waals surface area (Å²) in [5.74, 6) is 0. The quantitative estimate of drug-likeness (QED) is 0.234. The van der Waals surface area contributed by atoms with Gasteiger partial charge in [0.25, 0.3) is 0 Å². The van der Waals surface area contributed by atoms with Gasteiger partial charge in [-0.25, -0.2) is 0 Å². The van der Waals surface area contributed by atoms with E-state index in [0.29, 0.717) is 0 Å². The van der Waals surface area contributed by atoms with Gasteiger partial charge in [-0.1, -0.05) is 0 Å². The maximum atomic E-state index is 3.31. The van der Waals surface area contributed by atoms with E-state index in [-0.39, 0.29) is 85.9 Å². The van der Waals surface area contributed by atoms with Gasteiger partial charge >= 0.3 is 120 Å². The van der Waals surface area contributed by atoms with E-state index >= 15 is 0 Å². The molecule has 0 fully saturated rings. The first-order chi connectivity index (χ1) is 1.73. The normalized spacial score (nSPS) is 6.00. The fourth-order valence-corrected chi connectivity index (χ4v) is 0. The van der Waals surface area contributed by atoms with Crippen LogP contribution in [-0.2, 0) is 0 Å². The van der Waals surface area contributed by atoms with Crippen LogP contribution in [0.25, 0.3) is 0 Å². The van der Waals surface area contributed by atoms with E-state index in [4.69, 9.17) is 0 Å². The van der Waals surface area contributed by atoms with Crippen molar-refractivity contribution in [2.24, 2.45) is 0 Å². The van der Waals surface area contributed by atoms with E-state index in [1.54, 1.807) is 0 Å². The molecule has 0 aromatic carbocycles. The molecule has 0 aliphatic rings. The molecule has 0 heterocycles. The average Bonchev–Trinajstić information content (AvgIpc) is 0.811. The molecule has 6 heteroatoms. The molecule has 0 rings (SSSR count). The van der Waals surface area contributed by atoms with Gasteiger partial charge in [-0.3, -0.25) is 0 Å². The molecule has 0 aliphatic carbocycles. The smallest absolute Gasteiger partial charge is 1.00 e. The Balaban J connectivity index is -0.0000000450. The summed E-state index contributed by atoms with van der Waals surface area (Å²) in [7, 11) is 0. The SMILES string of the molecule is [Br-].[Br][Bi]([Br])[Br].[Cs+]. The van der Waals surface area contributed by atoms with E-state index in [1.165, 1.54) is 0 Å². The van der Waals surface area contributed by atoms with Crippen molar-refractivity contribution in [1.82, 2.24) is 0 Å². The molecule has 0 aromatic heterocycles. The number of hydrogen-bond donors (Lipinski definition) is 0. The third-order valence-electron chi connectivity index (χ3n) is 0. The summed E-state index contributed by atoms with van der Waals surface area (Å²) in [4.78, 5) is 0. The molecular weight excluding hydrogens is 662 g/mol. The Hall–Kier alpha value is 4.86. The van der Waals surface area contributed by atoms with Crippen LogP contribution in [0.1, 0.15) is 0 Å². The second kappa shape index (κ2) is 12.5. The fraction of sp³-hybridized carbons (Fsp3) is 0. The zero-order valence-electron chi connectivity index (χ0n) is 2.96. The third kappa shape index (κ3) is 23.2. The third-order valence-corrected chi connectivity index (χ3v) is 0. The van der Waals surface area contributed by atoms with Crippen LogP contribution in [0.5, 0.6) is 0 Å². The van der Waals surface area contributed by atoms with Crippen molar-refractivity contribution in [3.63, 3.8) is 0 Å². The standard InChI is InChI=1S/Bi.4BrH.Cs/h;4*1H;/q+3;;;;;+1/p-4. The van der Waals surface area contributed by atoms with Crippen molar-refractivity contribution in [3.05, 3.63) is 0 Å². The Morgan fingerprint density at radius 1 is 1.00 bits per heavy atom. The Bertz CT molecular complexity index is 12.3. The molecule has 34 valence electrons. The maximum Gasteiger partial charge on any atom is 1.00 e. The summed E-state index contributed by atoms with van der Waals surface area (Å²) in [5.41, 5.74) is 0. The molecule has 0 spiro atoms. The Morgan fingerprint density at radius 3 is 1.00 bits per heavy atom. The van der Waals surface area contributed by atoms with Gasteiger partial charge in [-0.15, -0.1) is 0 Å². The summed E-state index contributed by atoms with van der Waals surface area (Å²) in [6.07, 6.45) is 0. The molecule has 0 bridgehead atoms. The van der Waals surface area contributed by atoms with Crippen LogP contribution < -0.4 is 85.9 Å². The average molecular weight is 662 g/mol. The van der Waals surface area contributed by atoms with Gasteiger partial charge in [-0.05, 0) is 0 Å². The molecule has 0 unspecified atom stereocenters. The van der Waals surface area contributed by atoms with Crippen LogP contribution in [-0.4, -0.2) is 14.7 Å². The number of rotatable bonds is 0. The van der Waals surface area contributed by atoms with Crippen molar-refractivity contribution < 1.29 is 85.9 Å². The van der Waals surface area contributed by atoms with Crippen molar-refractivity contribution in [3.8, 4) is 0 Å². The van der Waals surface area contributed by atoms with Crippen molar-refractivity contribution in [2.45, 2.75) is 0 Å². The summed E-state index contributed by atoms with van der Waals surface area (Å²) >= 11 is 8.77. The molecule has 0 N–H and O–H groups in total. The Labute approximate surface area is 132 Å². The van der Waals surface area contributed by atoms with E-state index in [1.807, 2.05) is 0 Å². The number of hydrogen-bond acceptors (Lipinski definition) is 0. The number of halogens is 4. The van der Waals surface area contributed by atoms with E-state index in [0.717, 1.165) is 0 Å². The first-order valence-corrected chi connectivity index (χ1v) is 23.1. The molecule has 0 saturated heterocycles. The summed E-state index contributed by atoms with van der Waals surface area (Å²) in [6, 6.07) is 0. The molecule has 0 nitrogen and oxygen atoms in total. The zero-order chi connectivity index (χ0) is 3.58. The molecule has 0 radical (unpaired) electrons. The van der Waals surface area contributed by atoms with Crippen molar-refractivity contribution in [2.75, 3.05) is 0 Å². The summed E-state index contributed by atoms with van der Waals surface area (Å²) in [6.45, 7) is 0. The second-order valence-electron chi connectivity index (χ2n) is 0.192. The van der Waals surface area contributed by atoms with E-state index < -0.39 is 14.7 Å². The molecular formula is BiBr4Cs. The topological polar surface area (TPSA) is 0 Å². The summed E-state index contributed by atoms with van der Waals surface area (Å²) < 4.78 is 0. The summed E-state index contributed by atoms with van der Waals surface area (Å²) in [5, 5.41) is 0. The monoisotopic (exact) mass is 658 g/mol. The molecule has 0 aromatic rings. The first-order valence-electron chi connectivity index (χ1n) is 0.507.